The minimum absolute atomic E-state index is 0.353. The Morgan fingerprint density at radius 2 is 1.07 bits per heavy atom. The molecule has 0 saturated heterocycles. The van der Waals surface area contributed by atoms with E-state index in [0.29, 0.717) is 24.3 Å². The van der Waals surface area contributed by atoms with Gasteiger partial charge in [-0.25, -0.2) is 0 Å². The van der Waals surface area contributed by atoms with Gasteiger partial charge in [-0.3, -0.25) is 9.59 Å². The molecule has 3 rings (SSSR count). The molecule has 0 heterocycles. The summed E-state index contributed by atoms with van der Waals surface area (Å²) >= 11 is 0. The van der Waals surface area contributed by atoms with Gasteiger partial charge in [-0.05, 0) is 49.1 Å². The molecule has 142 valence electrons. The van der Waals surface area contributed by atoms with Crippen LogP contribution < -0.4 is 9.47 Å². The highest BCUT2D eigenvalue weighted by Crippen LogP contribution is 2.19. The van der Waals surface area contributed by atoms with Crippen LogP contribution in [0.5, 0.6) is 11.5 Å². The number of rotatable bonds is 8. The van der Waals surface area contributed by atoms with Crippen molar-refractivity contribution in [3.63, 3.8) is 0 Å². The van der Waals surface area contributed by atoms with Gasteiger partial charge in [0.2, 0.25) is 0 Å². The van der Waals surface area contributed by atoms with E-state index in [1.54, 1.807) is 48.5 Å². The molecule has 0 N–H and O–H groups in total. The topological polar surface area (TPSA) is 52.6 Å². The Bertz CT molecular complexity index is 823. The third kappa shape index (κ3) is 5.81. The monoisotopic (exact) mass is 374 g/mol. The first-order valence-electron chi connectivity index (χ1n) is 9.30. The molecule has 0 atom stereocenters. The Morgan fingerprint density at radius 3 is 1.54 bits per heavy atom. The first-order chi connectivity index (χ1) is 13.7. The Hall–Kier alpha value is -3.40. The highest BCUT2D eigenvalue weighted by molar-refractivity contribution is 5.96. The lowest BCUT2D eigenvalue weighted by Crippen LogP contribution is -2.31. The first kappa shape index (κ1) is 19.4. The average molecular weight is 374 g/mol. The SMILES string of the molecule is O=C(Oc1ccccc1)C(CCCc1ccccc1)C(=O)Oc1ccccc1. The van der Waals surface area contributed by atoms with Gasteiger partial charge in [0.05, 0.1) is 0 Å². The van der Waals surface area contributed by atoms with E-state index < -0.39 is 17.9 Å². The van der Waals surface area contributed by atoms with E-state index >= 15 is 0 Å². The van der Waals surface area contributed by atoms with Crippen molar-refractivity contribution >= 4 is 11.9 Å². The molecule has 0 fully saturated rings. The Kier molecular flexibility index (Phi) is 6.96. The molecule has 0 aliphatic heterocycles. The van der Waals surface area contributed by atoms with E-state index in [0.717, 1.165) is 12.0 Å². The van der Waals surface area contributed by atoms with Gasteiger partial charge in [-0.2, -0.15) is 0 Å². The van der Waals surface area contributed by atoms with E-state index in [2.05, 4.69) is 0 Å². The molecule has 0 spiro atoms. The fourth-order valence-corrected chi connectivity index (χ4v) is 2.84. The number of hydrogen-bond donors (Lipinski definition) is 0. The summed E-state index contributed by atoms with van der Waals surface area (Å²) in [6.45, 7) is 0. The molecule has 0 unspecified atom stereocenters. The van der Waals surface area contributed by atoms with Crippen LogP contribution in [0.1, 0.15) is 18.4 Å². The summed E-state index contributed by atoms with van der Waals surface area (Å²) in [5, 5.41) is 0. The van der Waals surface area contributed by atoms with Crippen LogP contribution >= 0.6 is 0 Å². The summed E-state index contributed by atoms with van der Waals surface area (Å²) < 4.78 is 10.8. The van der Waals surface area contributed by atoms with Crippen molar-refractivity contribution in [1.82, 2.24) is 0 Å². The molecule has 0 aliphatic rings. The van der Waals surface area contributed by atoms with Crippen LogP contribution in [-0.2, 0) is 16.0 Å². The Labute approximate surface area is 164 Å². The van der Waals surface area contributed by atoms with Gasteiger partial charge in [-0.1, -0.05) is 66.7 Å². The van der Waals surface area contributed by atoms with Gasteiger partial charge >= 0.3 is 11.9 Å². The molecule has 4 nitrogen and oxygen atoms in total. The van der Waals surface area contributed by atoms with E-state index in [1.807, 2.05) is 42.5 Å². The molecule has 3 aromatic rings. The maximum atomic E-state index is 12.7. The lowest BCUT2D eigenvalue weighted by atomic mass is 9.99. The normalized spacial score (nSPS) is 10.5. The van der Waals surface area contributed by atoms with Gasteiger partial charge in [-0.15, -0.1) is 0 Å². The number of benzene rings is 3. The van der Waals surface area contributed by atoms with Crippen molar-refractivity contribution in [2.45, 2.75) is 19.3 Å². The van der Waals surface area contributed by atoms with Gasteiger partial charge < -0.3 is 9.47 Å². The molecule has 3 aromatic carbocycles. The van der Waals surface area contributed by atoms with Crippen LogP contribution in [0.25, 0.3) is 0 Å². The molecule has 4 heteroatoms. The minimum Gasteiger partial charge on any atom is -0.426 e. The lowest BCUT2D eigenvalue weighted by molar-refractivity contribution is -0.151. The standard InChI is InChI=1S/C24H22O4/c25-23(27-20-14-6-2-7-15-20)22(18-10-13-19-11-4-1-5-12-19)24(26)28-21-16-8-3-9-17-21/h1-9,11-12,14-17,22H,10,13,18H2. The number of esters is 2. The number of hydrogen-bond acceptors (Lipinski definition) is 4. The van der Waals surface area contributed by atoms with Crippen LogP contribution in [0.3, 0.4) is 0 Å². The number of aryl methyl sites for hydroxylation is 1. The highest BCUT2D eigenvalue weighted by Gasteiger charge is 2.30. The molecule has 0 aromatic heterocycles. The molecule has 0 saturated carbocycles. The number of para-hydroxylation sites is 2. The van der Waals surface area contributed by atoms with E-state index in [4.69, 9.17) is 9.47 Å². The highest BCUT2D eigenvalue weighted by atomic mass is 16.6. The van der Waals surface area contributed by atoms with Crippen LogP contribution in [0, 0.1) is 5.92 Å². The first-order valence-corrected chi connectivity index (χ1v) is 9.30. The van der Waals surface area contributed by atoms with E-state index in [9.17, 15) is 9.59 Å². The van der Waals surface area contributed by atoms with Crippen molar-refractivity contribution in [3.05, 3.63) is 96.6 Å². The molecule has 0 amide bonds. The molecular weight excluding hydrogens is 352 g/mol. The maximum Gasteiger partial charge on any atom is 0.325 e. The summed E-state index contributed by atoms with van der Waals surface area (Å²) in [6.07, 6.45) is 1.79. The maximum absolute atomic E-state index is 12.7. The molecule has 28 heavy (non-hydrogen) atoms. The summed E-state index contributed by atoms with van der Waals surface area (Å²) in [4.78, 5) is 25.3. The Morgan fingerprint density at radius 1 is 0.643 bits per heavy atom. The van der Waals surface area contributed by atoms with Gasteiger partial charge in [0.1, 0.15) is 11.5 Å². The van der Waals surface area contributed by atoms with Gasteiger partial charge in [0.15, 0.2) is 5.92 Å². The molecular formula is C24H22O4. The molecule has 0 bridgehead atoms. The van der Waals surface area contributed by atoms with Gasteiger partial charge in [0, 0.05) is 0 Å². The molecule has 0 radical (unpaired) electrons. The second-order valence-electron chi connectivity index (χ2n) is 6.40. The summed E-state index contributed by atoms with van der Waals surface area (Å²) in [6, 6.07) is 27.4. The zero-order chi connectivity index (χ0) is 19.6. The summed E-state index contributed by atoms with van der Waals surface area (Å²) in [7, 11) is 0. The summed E-state index contributed by atoms with van der Waals surface area (Å²) in [5.41, 5.74) is 1.16. The lowest BCUT2D eigenvalue weighted by Gasteiger charge is -2.15. The van der Waals surface area contributed by atoms with Crippen molar-refractivity contribution in [3.8, 4) is 11.5 Å². The molecule has 0 aliphatic carbocycles. The second kappa shape index (κ2) is 10.1. The number of carbonyl (C=O) groups is 2. The van der Waals surface area contributed by atoms with Crippen LogP contribution in [0.2, 0.25) is 0 Å². The van der Waals surface area contributed by atoms with Gasteiger partial charge in [0.25, 0.3) is 0 Å². The van der Waals surface area contributed by atoms with Crippen LogP contribution in [-0.4, -0.2) is 11.9 Å². The third-order valence-corrected chi connectivity index (χ3v) is 4.29. The smallest absolute Gasteiger partial charge is 0.325 e. The van der Waals surface area contributed by atoms with E-state index in [1.165, 1.54) is 0 Å². The van der Waals surface area contributed by atoms with Crippen molar-refractivity contribution < 1.29 is 19.1 Å². The third-order valence-electron chi connectivity index (χ3n) is 4.29. The number of ether oxygens (including phenoxy) is 2. The second-order valence-corrected chi connectivity index (χ2v) is 6.40. The fraction of sp³-hybridized carbons (Fsp3) is 0.167. The van der Waals surface area contributed by atoms with E-state index in [-0.39, 0.29) is 0 Å². The van der Waals surface area contributed by atoms with Crippen molar-refractivity contribution in [2.24, 2.45) is 5.92 Å². The van der Waals surface area contributed by atoms with Crippen LogP contribution in [0.4, 0.5) is 0 Å². The number of carbonyl (C=O) groups excluding carboxylic acids is 2. The minimum atomic E-state index is -0.982. The quantitative estimate of drug-likeness (QED) is 0.322. The van der Waals surface area contributed by atoms with Crippen molar-refractivity contribution in [2.75, 3.05) is 0 Å². The average Bonchev–Trinajstić information content (AvgIpc) is 2.73. The predicted molar refractivity (Wildman–Crippen MR) is 107 cm³/mol. The van der Waals surface area contributed by atoms with Crippen LogP contribution in [0.15, 0.2) is 91.0 Å². The predicted octanol–water partition coefficient (Wildman–Crippen LogP) is 4.84. The Balaban J connectivity index is 1.67. The largest absolute Gasteiger partial charge is 0.426 e. The zero-order valence-electron chi connectivity index (χ0n) is 15.5. The summed E-state index contributed by atoms with van der Waals surface area (Å²) in [5.74, 6) is -1.36. The zero-order valence-corrected chi connectivity index (χ0v) is 15.5. The fourth-order valence-electron chi connectivity index (χ4n) is 2.84. The van der Waals surface area contributed by atoms with Crippen molar-refractivity contribution in [1.29, 1.82) is 0 Å².